The summed E-state index contributed by atoms with van der Waals surface area (Å²) >= 11 is 9.95. The van der Waals surface area contributed by atoms with Gasteiger partial charge in [-0.25, -0.2) is 0 Å². The number of hydrogen-bond acceptors (Lipinski definition) is 2. The van der Waals surface area contributed by atoms with Gasteiger partial charge in [-0.1, -0.05) is 19.8 Å². The minimum absolute atomic E-state index is 0.0927. The molecule has 0 bridgehead atoms. The number of rotatable bonds is 5. The Balaban J connectivity index is 2.10. The summed E-state index contributed by atoms with van der Waals surface area (Å²) in [4.78, 5) is 0. The van der Waals surface area contributed by atoms with Crippen molar-refractivity contribution >= 4 is 27.5 Å². The first-order chi connectivity index (χ1) is 9.51. The Hall–Kier alpha value is -0.0600. The molecule has 2 unspecified atom stereocenters. The van der Waals surface area contributed by atoms with Gasteiger partial charge in [-0.05, 0) is 48.5 Å². The van der Waals surface area contributed by atoms with Crippen molar-refractivity contribution in [2.75, 3.05) is 5.88 Å². The zero-order chi connectivity index (χ0) is 14.8. The maximum atomic E-state index is 6.29. The van der Waals surface area contributed by atoms with E-state index in [1.807, 2.05) is 6.92 Å². The van der Waals surface area contributed by atoms with Crippen molar-refractivity contribution < 1.29 is 0 Å². The Labute approximate surface area is 135 Å². The van der Waals surface area contributed by atoms with E-state index >= 15 is 0 Å². The molecule has 1 heterocycles. The summed E-state index contributed by atoms with van der Waals surface area (Å²) in [6.07, 6.45) is 4.95. The molecule has 0 aliphatic heterocycles. The minimum atomic E-state index is 0.0927. The summed E-state index contributed by atoms with van der Waals surface area (Å²) in [6, 6.07) is 0. The van der Waals surface area contributed by atoms with Gasteiger partial charge in [0.15, 0.2) is 0 Å². The molecule has 0 aromatic carbocycles. The molecule has 0 radical (unpaired) electrons. The third-order valence-electron chi connectivity index (χ3n) is 4.43. The molecule has 1 aromatic heterocycles. The molecule has 0 amide bonds. The van der Waals surface area contributed by atoms with Crippen molar-refractivity contribution in [1.29, 1.82) is 0 Å². The lowest BCUT2D eigenvalue weighted by atomic mass is 9.77. The van der Waals surface area contributed by atoms with E-state index in [0.717, 1.165) is 29.2 Å². The Kier molecular flexibility index (Phi) is 5.55. The van der Waals surface area contributed by atoms with Gasteiger partial charge in [0.1, 0.15) is 0 Å². The van der Waals surface area contributed by atoms with Crippen LogP contribution in [0.4, 0.5) is 0 Å². The largest absolute Gasteiger partial charge is 0.304 e. The Morgan fingerprint density at radius 3 is 2.90 bits per heavy atom. The molecule has 3 nitrogen and oxygen atoms in total. The molecule has 1 aliphatic rings. The first kappa shape index (κ1) is 16.3. The van der Waals surface area contributed by atoms with E-state index in [-0.39, 0.29) is 5.54 Å². The van der Waals surface area contributed by atoms with Crippen LogP contribution in [0.25, 0.3) is 0 Å². The highest BCUT2D eigenvalue weighted by Crippen LogP contribution is 2.34. The molecule has 0 saturated heterocycles. The smallest absolute Gasteiger partial charge is 0.0739 e. The van der Waals surface area contributed by atoms with Gasteiger partial charge in [-0.2, -0.15) is 5.10 Å². The monoisotopic (exact) mass is 361 g/mol. The van der Waals surface area contributed by atoms with Gasteiger partial charge in [0.05, 0.1) is 15.9 Å². The average molecular weight is 363 g/mol. The lowest BCUT2D eigenvalue weighted by molar-refractivity contribution is 0.206. The number of nitrogens with one attached hydrogen (secondary N) is 1. The number of aryl methyl sites for hydroxylation is 2. The van der Waals surface area contributed by atoms with Crippen LogP contribution in [0, 0.1) is 12.8 Å². The van der Waals surface area contributed by atoms with Crippen LogP contribution in [0.2, 0.25) is 0 Å². The first-order valence-electron chi connectivity index (χ1n) is 7.54. The molecule has 5 heteroatoms. The number of nitrogens with zero attached hydrogens (tertiary/aromatic N) is 2. The maximum absolute atomic E-state index is 6.29. The van der Waals surface area contributed by atoms with Gasteiger partial charge in [0.25, 0.3) is 0 Å². The number of hydrogen-bond donors (Lipinski definition) is 1. The summed E-state index contributed by atoms with van der Waals surface area (Å²) in [5, 5.41) is 8.29. The van der Waals surface area contributed by atoms with Gasteiger partial charge in [-0.3, -0.25) is 4.68 Å². The predicted molar refractivity (Wildman–Crippen MR) is 88.3 cm³/mol. The molecule has 1 N–H and O–H groups in total. The fourth-order valence-electron chi connectivity index (χ4n) is 3.30. The fourth-order valence-corrected chi connectivity index (χ4v) is 4.06. The standard InChI is InChI=1S/C15H25BrClN3/c1-4-20-13(14(16)12(3)19-20)9-18-15(10-17)7-5-6-11(2)8-15/h11,18H,4-10H2,1-3H3. The molecular formula is C15H25BrClN3. The van der Waals surface area contributed by atoms with Crippen molar-refractivity contribution in [3.63, 3.8) is 0 Å². The molecule has 0 spiro atoms. The normalized spacial score (nSPS) is 26.9. The van der Waals surface area contributed by atoms with E-state index in [9.17, 15) is 0 Å². The van der Waals surface area contributed by atoms with Crippen molar-refractivity contribution in [2.24, 2.45) is 5.92 Å². The lowest BCUT2D eigenvalue weighted by Gasteiger charge is -2.39. The molecule has 114 valence electrons. The molecule has 1 aromatic rings. The van der Waals surface area contributed by atoms with Crippen LogP contribution in [0.3, 0.4) is 0 Å². The number of alkyl halides is 1. The molecule has 2 atom stereocenters. The van der Waals surface area contributed by atoms with Crippen LogP contribution in [0.15, 0.2) is 4.47 Å². The van der Waals surface area contributed by atoms with Gasteiger partial charge in [0.2, 0.25) is 0 Å². The van der Waals surface area contributed by atoms with E-state index in [4.69, 9.17) is 11.6 Å². The summed E-state index contributed by atoms with van der Waals surface area (Å²) < 4.78 is 3.20. The summed E-state index contributed by atoms with van der Waals surface area (Å²) in [5.41, 5.74) is 2.38. The van der Waals surface area contributed by atoms with E-state index in [2.05, 4.69) is 44.9 Å². The third-order valence-corrected chi connectivity index (χ3v) is 5.97. The summed E-state index contributed by atoms with van der Waals surface area (Å²) in [6.45, 7) is 8.23. The highest BCUT2D eigenvalue weighted by molar-refractivity contribution is 9.10. The topological polar surface area (TPSA) is 29.9 Å². The van der Waals surface area contributed by atoms with E-state index in [1.165, 1.54) is 31.4 Å². The van der Waals surface area contributed by atoms with Gasteiger partial charge in [-0.15, -0.1) is 11.6 Å². The van der Waals surface area contributed by atoms with Gasteiger partial charge >= 0.3 is 0 Å². The highest BCUT2D eigenvalue weighted by Gasteiger charge is 2.34. The van der Waals surface area contributed by atoms with Gasteiger partial charge in [0, 0.05) is 24.5 Å². The minimum Gasteiger partial charge on any atom is -0.304 e. The van der Waals surface area contributed by atoms with Crippen LogP contribution in [0.5, 0.6) is 0 Å². The molecule has 1 aliphatic carbocycles. The zero-order valence-corrected chi connectivity index (χ0v) is 15.0. The maximum Gasteiger partial charge on any atom is 0.0739 e. The molecule has 2 rings (SSSR count). The van der Waals surface area contributed by atoms with Crippen molar-refractivity contribution in [3.8, 4) is 0 Å². The van der Waals surface area contributed by atoms with Gasteiger partial charge < -0.3 is 5.32 Å². The van der Waals surface area contributed by atoms with Crippen LogP contribution >= 0.6 is 27.5 Å². The van der Waals surface area contributed by atoms with E-state index in [1.54, 1.807) is 0 Å². The molecule has 20 heavy (non-hydrogen) atoms. The Morgan fingerprint density at radius 2 is 2.30 bits per heavy atom. The molecule has 1 saturated carbocycles. The molecular weight excluding hydrogens is 338 g/mol. The Morgan fingerprint density at radius 1 is 1.55 bits per heavy atom. The second-order valence-corrected chi connectivity index (χ2v) is 7.19. The SMILES string of the molecule is CCn1nc(C)c(Br)c1CNC1(CCl)CCCC(C)C1. The van der Waals surface area contributed by atoms with E-state index < -0.39 is 0 Å². The Bertz CT molecular complexity index is 460. The van der Waals surface area contributed by atoms with Crippen LogP contribution in [0.1, 0.15) is 50.9 Å². The van der Waals surface area contributed by atoms with Crippen molar-refractivity contribution in [2.45, 2.75) is 65.1 Å². The van der Waals surface area contributed by atoms with Crippen molar-refractivity contribution in [3.05, 3.63) is 15.9 Å². The second kappa shape index (κ2) is 6.80. The number of halogens is 2. The lowest BCUT2D eigenvalue weighted by Crippen LogP contribution is -2.50. The first-order valence-corrected chi connectivity index (χ1v) is 8.87. The van der Waals surface area contributed by atoms with Crippen LogP contribution in [-0.4, -0.2) is 21.2 Å². The summed E-state index contributed by atoms with van der Waals surface area (Å²) in [7, 11) is 0. The predicted octanol–water partition coefficient (Wildman–Crippen LogP) is 4.25. The molecule has 1 fully saturated rings. The fraction of sp³-hybridized carbons (Fsp3) is 0.800. The zero-order valence-electron chi connectivity index (χ0n) is 12.7. The number of aromatic nitrogens is 2. The summed E-state index contributed by atoms with van der Waals surface area (Å²) in [5.74, 6) is 1.45. The average Bonchev–Trinajstić information content (AvgIpc) is 2.72. The van der Waals surface area contributed by atoms with Crippen LogP contribution < -0.4 is 5.32 Å². The second-order valence-electron chi connectivity index (χ2n) is 6.13. The van der Waals surface area contributed by atoms with Crippen molar-refractivity contribution in [1.82, 2.24) is 15.1 Å². The third kappa shape index (κ3) is 3.40. The van der Waals surface area contributed by atoms with Crippen LogP contribution in [-0.2, 0) is 13.1 Å². The van der Waals surface area contributed by atoms with E-state index in [0.29, 0.717) is 5.88 Å². The highest BCUT2D eigenvalue weighted by atomic mass is 79.9. The quantitative estimate of drug-likeness (QED) is 0.794.